The summed E-state index contributed by atoms with van der Waals surface area (Å²) in [5.41, 5.74) is 3.12. The third-order valence-corrected chi connectivity index (χ3v) is 6.30. The van der Waals surface area contributed by atoms with Crippen molar-refractivity contribution in [2.45, 2.75) is 46.0 Å². The van der Waals surface area contributed by atoms with E-state index in [9.17, 15) is 9.59 Å². The van der Waals surface area contributed by atoms with E-state index in [0.29, 0.717) is 19.4 Å². The number of ether oxygens (including phenoxy) is 1. The minimum atomic E-state index is -0.276. The molecule has 1 unspecified atom stereocenters. The lowest BCUT2D eigenvalue weighted by atomic mass is 9.69. The number of benzene rings is 2. The van der Waals surface area contributed by atoms with Gasteiger partial charge in [0, 0.05) is 45.8 Å². The third kappa shape index (κ3) is 3.83. The Morgan fingerprint density at radius 2 is 1.87 bits per heavy atom. The Balaban J connectivity index is 1.91. The molecule has 1 amide bonds. The van der Waals surface area contributed by atoms with Crippen LogP contribution in [0.1, 0.15) is 51.5 Å². The van der Waals surface area contributed by atoms with Gasteiger partial charge in [-0.3, -0.25) is 14.5 Å². The molecule has 4 rings (SSSR count). The van der Waals surface area contributed by atoms with Crippen molar-refractivity contribution in [3.63, 3.8) is 0 Å². The highest BCUT2D eigenvalue weighted by Gasteiger charge is 2.44. The van der Waals surface area contributed by atoms with E-state index in [0.717, 1.165) is 32.7 Å². The van der Waals surface area contributed by atoms with Crippen LogP contribution in [-0.4, -0.2) is 18.3 Å². The highest BCUT2D eigenvalue weighted by Crippen LogP contribution is 2.49. The molecule has 1 aliphatic carbocycles. The molecular formula is C25H26BrNO3. The molecule has 0 radical (unpaired) electrons. The Labute approximate surface area is 186 Å². The van der Waals surface area contributed by atoms with Gasteiger partial charge in [-0.2, -0.15) is 0 Å². The number of carbonyl (C=O) groups excluding carboxylic acids is 2. The number of halogens is 1. The van der Waals surface area contributed by atoms with Gasteiger partial charge in [-0.1, -0.05) is 54.0 Å². The molecule has 156 valence electrons. The number of ketones is 1. The first-order chi connectivity index (χ1) is 14.3. The number of amides is 1. The third-order valence-electron chi connectivity index (χ3n) is 5.80. The van der Waals surface area contributed by atoms with E-state index in [1.807, 2.05) is 55.5 Å². The average molecular weight is 468 g/mol. The van der Waals surface area contributed by atoms with Crippen molar-refractivity contribution in [1.29, 1.82) is 0 Å². The molecule has 2 aliphatic rings. The van der Waals surface area contributed by atoms with Crippen molar-refractivity contribution in [3.8, 4) is 5.75 Å². The molecule has 1 aliphatic heterocycles. The Hall–Kier alpha value is -2.40. The lowest BCUT2D eigenvalue weighted by molar-refractivity contribution is -0.121. The maximum absolute atomic E-state index is 13.5. The van der Waals surface area contributed by atoms with Crippen LogP contribution in [0.2, 0.25) is 0 Å². The molecule has 1 atom stereocenters. The van der Waals surface area contributed by atoms with E-state index in [1.165, 1.54) is 0 Å². The number of rotatable bonds is 4. The zero-order chi connectivity index (χ0) is 21.5. The van der Waals surface area contributed by atoms with Gasteiger partial charge in [0.05, 0.1) is 6.61 Å². The largest absolute Gasteiger partial charge is 0.494 e. The molecule has 2 aromatic rings. The summed E-state index contributed by atoms with van der Waals surface area (Å²) in [5, 5.41) is 0. The van der Waals surface area contributed by atoms with E-state index >= 15 is 0 Å². The highest BCUT2D eigenvalue weighted by atomic mass is 79.9. The summed E-state index contributed by atoms with van der Waals surface area (Å²) in [6.45, 7) is 6.66. The van der Waals surface area contributed by atoms with E-state index in [-0.39, 0.29) is 29.4 Å². The molecule has 0 saturated carbocycles. The molecule has 0 N–H and O–H groups in total. The van der Waals surface area contributed by atoms with Gasteiger partial charge in [0.1, 0.15) is 5.75 Å². The SMILES string of the molecule is CCOc1ccccc1C1CC(=O)N(c2cccc(Br)c2)C2=C1C(=O)CC(C)(C)C2. The number of Topliss-reactive ketones (excluding diaryl/α,β-unsaturated/α-hetero) is 1. The van der Waals surface area contributed by atoms with Gasteiger partial charge in [0.25, 0.3) is 0 Å². The zero-order valence-corrected chi connectivity index (χ0v) is 19.2. The summed E-state index contributed by atoms with van der Waals surface area (Å²) in [7, 11) is 0. The number of hydrogen-bond acceptors (Lipinski definition) is 3. The highest BCUT2D eigenvalue weighted by molar-refractivity contribution is 9.10. The average Bonchev–Trinajstić information content (AvgIpc) is 2.67. The fourth-order valence-electron chi connectivity index (χ4n) is 4.65. The second kappa shape index (κ2) is 8.03. The lowest BCUT2D eigenvalue weighted by Crippen LogP contribution is -2.43. The van der Waals surface area contributed by atoms with E-state index in [4.69, 9.17) is 4.74 Å². The second-order valence-corrected chi connectivity index (χ2v) is 9.65. The quantitative estimate of drug-likeness (QED) is 0.552. The van der Waals surface area contributed by atoms with Gasteiger partial charge < -0.3 is 4.74 Å². The fraction of sp³-hybridized carbons (Fsp3) is 0.360. The topological polar surface area (TPSA) is 46.6 Å². The maximum Gasteiger partial charge on any atom is 0.232 e. The number of nitrogens with zero attached hydrogens (tertiary/aromatic N) is 1. The van der Waals surface area contributed by atoms with Crippen molar-refractivity contribution < 1.29 is 14.3 Å². The smallest absolute Gasteiger partial charge is 0.232 e. The van der Waals surface area contributed by atoms with Crippen molar-refractivity contribution >= 4 is 33.3 Å². The van der Waals surface area contributed by atoms with Crippen LogP contribution < -0.4 is 9.64 Å². The lowest BCUT2D eigenvalue weighted by Gasteiger charge is -2.43. The number of para-hydroxylation sites is 1. The Morgan fingerprint density at radius 3 is 2.60 bits per heavy atom. The number of allylic oxidation sites excluding steroid dienone is 2. The number of carbonyl (C=O) groups is 2. The van der Waals surface area contributed by atoms with Gasteiger partial charge in [-0.25, -0.2) is 0 Å². The first-order valence-corrected chi connectivity index (χ1v) is 11.2. The molecule has 0 fully saturated rings. The summed E-state index contributed by atoms with van der Waals surface area (Å²) in [4.78, 5) is 28.6. The fourth-order valence-corrected chi connectivity index (χ4v) is 5.04. The van der Waals surface area contributed by atoms with Crippen LogP contribution in [0, 0.1) is 5.41 Å². The van der Waals surface area contributed by atoms with E-state index < -0.39 is 0 Å². The first-order valence-electron chi connectivity index (χ1n) is 10.4. The van der Waals surface area contributed by atoms with Crippen LogP contribution in [-0.2, 0) is 9.59 Å². The van der Waals surface area contributed by atoms with Gasteiger partial charge in [-0.15, -0.1) is 0 Å². The van der Waals surface area contributed by atoms with Crippen molar-refractivity contribution in [2.24, 2.45) is 5.41 Å². The first kappa shape index (κ1) is 20.9. The molecule has 1 heterocycles. The summed E-state index contributed by atoms with van der Waals surface area (Å²) >= 11 is 3.51. The van der Waals surface area contributed by atoms with E-state index in [2.05, 4.69) is 29.8 Å². The van der Waals surface area contributed by atoms with Crippen LogP contribution in [0.4, 0.5) is 5.69 Å². The van der Waals surface area contributed by atoms with Crippen LogP contribution in [0.3, 0.4) is 0 Å². The molecule has 0 aromatic heterocycles. The minimum Gasteiger partial charge on any atom is -0.494 e. The van der Waals surface area contributed by atoms with Gasteiger partial charge in [-0.05, 0) is 43.0 Å². The van der Waals surface area contributed by atoms with Crippen molar-refractivity contribution in [3.05, 3.63) is 69.8 Å². The van der Waals surface area contributed by atoms with Crippen molar-refractivity contribution in [1.82, 2.24) is 0 Å². The summed E-state index contributed by atoms with van der Waals surface area (Å²) in [6.07, 6.45) is 1.42. The second-order valence-electron chi connectivity index (χ2n) is 8.74. The Kier molecular flexibility index (Phi) is 5.58. The van der Waals surface area contributed by atoms with Crippen LogP contribution >= 0.6 is 15.9 Å². The predicted octanol–water partition coefficient (Wildman–Crippen LogP) is 6.01. The van der Waals surface area contributed by atoms with Crippen LogP contribution in [0.15, 0.2) is 64.3 Å². The molecule has 0 bridgehead atoms. The van der Waals surface area contributed by atoms with Gasteiger partial charge in [0.15, 0.2) is 5.78 Å². The van der Waals surface area contributed by atoms with Gasteiger partial charge >= 0.3 is 0 Å². The van der Waals surface area contributed by atoms with Gasteiger partial charge in [0.2, 0.25) is 5.91 Å². The molecule has 2 aromatic carbocycles. The Bertz CT molecular complexity index is 1040. The van der Waals surface area contributed by atoms with Crippen LogP contribution in [0.5, 0.6) is 5.75 Å². The maximum atomic E-state index is 13.5. The molecule has 0 spiro atoms. The summed E-state index contributed by atoms with van der Waals surface area (Å²) in [5.74, 6) is 0.610. The van der Waals surface area contributed by atoms with Crippen molar-refractivity contribution in [2.75, 3.05) is 11.5 Å². The standard InChI is InChI=1S/C25H26BrNO3/c1-4-30-22-11-6-5-10-18(22)19-13-23(29)27(17-9-7-8-16(26)12-17)20-14-25(2,3)15-21(28)24(19)20/h5-12,19H,4,13-15H2,1-3H3. The number of anilines is 1. The monoisotopic (exact) mass is 467 g/mol. The predicted molar refractivity (Wildman–Crippen MR) is 122 cm³/mol. The molecule has 4 nitrogen and oxygen atoms in total. The molecule has 30 heavy (non-hydrogen) atoms. The van der Waals surface area contributed by atoms with Crippen LogP contribution in [0.25, 0.3) is 0 Å². The minimum absolute atomic E-state index is 0.00801. The summed E-state index contributed by atoms with van der Waals surface area (Å²) < 4.78 is 6.75. The zero-order valence-electron chi connectivity index (χ0n) is 17.6. The normalized spacial score (nSPS) is 20.9. The Morgan fingerprint density at radius 1 is 1.10 bits per heavy atom. The summed E-state index contributed by atoms with van der Waals surface area (Å²) in [6, 6.07) is 15.5. The van der Waals surface area contributed by atoms with E-state index in [1.54, 1.807) is 4.90 Å². The molecular weight excluding hydrogens is 442 g/mol. The number of hydrogen-bond donors (Lipinski definition) is 0. The molecule has 5 heteroatoms. The molecule has 0 saturated heterocycles.